The summed E-state index contributed by atoms with van der Waals surface area (Å²) in [6, 6.07) is 86.3. The van der Waals surface area contributed by atoms with Crippen LogP contribution >= 0.6 is 0 Å². The number of hydrogen-bond acceptors (Lipinski definition) is 1. The monoisotopic (exact) mass is 840 g/mol. The Labute approximate surface area is 385 Å². The van der Waals surface area contributed by atoms with Crippen LogP contribution in [-0.2, 0) is 10.8 Å². The summed E-state index contributed by atoms with van der Waals surface area (Å²) in [5, 5.41) is 2.48. The van der Waals surface area contributed by atoms with Crippen molar-refractivity contribution in [1.82, 2.24) is 4.57 Å². The van der Waals surface area contributed by atoms with Crippen molar-refractivity contribution < 1.29 is 0 Å². The van der Waals surface area contributed by atoms with Gasteiger partial charge in [0.25, 0.3) is 0 Å². The van der Waals surface area contributed by atoms with Gasteiger partial charge in [-0.3, -0.25) is 0 Å². The van der Waals surface area contributed by atoms with Crippen LogP contribution in [-0.4, -0.2) is 4.57 Å². The maximum absolute atomic E-state index is 2.56. The van der Waals surface area contributed by atoms with Crippen molar-refractivity contribution in [1.29, 1.82) is 0 Å². The molecule has 0 unspecified atom stereocenters. The molecule has 0 amide bonds. The molecular weight excluding hydrogens is 797 g/mol. The molecule has 2 nitrogen and oxygen atoms in total. The first-order valence-corrected chi connectivity index (χ1v) is 23.2. The van der Waals surface area contributed by atoms with Crippen LogP contribution in [0.5, 0.6) is 0 Å². The lowest BCUT2D eigenvalue weighted by Crippen LogP contribution is -2.26. The molecule has 1 aromatic heterocycles. The van der Waals surface area contributed by atoms with Crippen molar-refractivity contribution in [2.45, 2.75) is 24.7 Å². The van der Waals surface area contributed by atoms with Gasteiger partial charge in [-0.05, 0) is 127 Å². The lowest BCUT2D eigenvalue weighted by atomic mass is 9.70. The zero-order valence-corrected chi connectivity index (χ0v) is 36.8. The fourth-order valence-electron chi connectivity index (χ4n) is 12.4. The Balaban J connectivity index is 1.06. The van der Waals surface area contributed by atoms with Gasteiger partial charge in [0.2, 0.25) is 0 Å². The van der Waals surface area contributed by atoms with Crippen molar-refractivity contribution in [3.05, 3.63) is 264 Å². The fraction of sp³-hybridized carbons (Fsp3) is 0.0625. The van der Waals surface area contributed by atoms with E-state index in [9.17, 15) is 0 Å². The molecule has 66 heavy (non-hydrogen) atoms. The third-order valence-corrected chi connectivity index (χ3v) is 15.2. The molecule has 0 radical (unpaired) electrons. The predicted molar refractivity (Wildman–Crippen MR) is 275 cm³/mol. The average Bonchev–Trinajstić information content (AvgIpc) is 4.04. The Bertz CT molecular complexity index is 3730. The Morgan fingerprint density at radius 1 is 0.348 bits per heavy atom. The SMILES string of the molecule is CC1(C)c2cc(-c3ccccc3)ccc2-c2c(N(c3ccc4c(c3)C3(c5ccccc5-c5ccccc53)c3ccccc3-4)c3ccc4c5ccccc5n(-c5ccccc5)c4c3)cccc21. The molecular formula is C64H44N2. The molecule has 0 saturated carbocycles. The third kappa shape index (κ3) is 4.91. The van der Waals surface area contributed by atoms with Gasteiger partial charge in [-0.25, -0.2) is 0 Å². The zero-order chi connectivity index (χ0) is 43.7. The van der Waals surface area contributed by atoms with Gasteiger partial charge in [0.1, 0.15) is 0 Å². The van der Waals surface area contributed by atoms with Crippen LogP contribution in [0.4, 0.5) is 17.1 Å². The molecule has 0 saturated heterocycles. The van der Waals surface area contributed by atoms with Crippen LogP contribution < -0.4 is 4.90 Å². The van der Waals surface area contributed by atoms with Gasteiger partial charge in [0.05, 0.1) is 22.1 Å². The fourth-order valence-corrected chi connectivity index (χ4v) is 12.4. The van der Waals surface area contributed by atoms with Crippen molar-refractivity contribution in [2.24, 2.45) is 0 Å². The highest BCUT2D eigenvalue weighted by Crippen LogP contribution is 2.64. The Hall–Kier alpha value is -8.20. The first kappa shape index (κ1) is 37.2. The van der Waals surface area contributed by atoms with Crippen LogP contribution in [0.2, 0.25) is 0 Å². The van der Waals surface area contributed by atoms with Gasteiger partial charge in [0, 0.05) is 38.8 Å². The summed E-state index contributed by atoms with van der Waals surface area (Å²) in [5.74, 6) is 0. The average molecular weight is 841 g/mol. The van der Waals surface area contributed by atoms with E-state index in [0.29, 0.717) is 0 Å². The molecule has 0 aliphatic heterocycles. The number of anilines is 3. The number of fused-ring (bicyclic) bond motifs is 16. The maximum Gasteiger partial charge on any atom is 0.0726 e. The standard InChI is InChI=1S/C64H44N2/c1-63(2)56-29-17-31-60(62(56)52-35-32-42(38-57(52)63)41-18-5-3-6-19-41)65(45-34-37-51-50-25-12-16-30-59(50)66(61(51)40-45)43-20-7-4-8-21-43)44-33-36-49-48-24-11-15-28-55(48)64(58(49)39-44)53-26-13-9-22-46(53)47-23-10-14-27-54(47)64/h3-40H,1-2H3. The molecule has 310 valence electrons. The smallest absolute Gasteiger partial charge is 0.0726 e. The van der Waals surface area contributed by atoms with Gasteiger partial charge in [0.15, 0.2) is 0 Å². The van der Waals surface area contributed by atoms with Crippen molar-refractivity contribution in [2.75, 3.05) is 4.90 Å². The molecule has 1 heterocycles. The van der Waals surface area contributed by atoms with E-state index in [4.69, 9.17) is 0 Å². The van der Waals surface area contributed by atoms with Crippen LogP contribution in [0.15, 0.2) is 231 Å². The van der Waals surface area contributed by atoms with E-state index in [1.54, 1.807) is 0 Å². The molecule has 0 N–H and O–H groups in total. The first-order chi connectivity index (χ1) is 32.5. The highest BCUT2D eigenvalue weighted by molar-refractivity contribution is 6.11. The second-order valence-electron chi connectivity index (χ2n) is 18.8. The number of rotatable bonds is 5. The minimum atomic E-state index is -0.467. The second-order valence-corrected chi connectivity index (χ2v) is 18.8. The number of hydrogen-bond donors (Lipinski definition) is 0. The van der Waals surface area contributed by atoms with Crippen LogP contribution in [0, 0.1) is 0 Å². The van der Waals surface area contributed by atoms with Crippen LogP contribution in [0.25, 0.3) is 72.0 Å². The van der Waals surface area contributed by atoms with Gasteiger partial charge < -0.3 is 9.47 Å². The van der Waals surface area contributed by atoms with Crippen LogP contribution in [0.3, 0.4) is 0 Å². The zero-order valence-electron chi connectivity index (χ0n) is 36.8. The summed E-state index contributed by atoms with van der Waals surface area (Å²) in [7, 11) is 0. The van der Waals surface area contributed by atoms with E-state index < -0.39 is 5.41 Å². The predicted octanol–water partition coefficient (Wildman–Crippen LogP) is 16.6. The van der Waals surface area contributed by atoms with Crippen molar-refractivity contribution in [3.8, 4) is 50.2 Å². The summed E-state index contributed by atoms with van der Waals surface area (Å²) >= 11 is 0. The lowest BCUT2D eigenvalue weighted by Gasteiger charge is -2.33. The van der Waals surface area contributed by atoms with E-state index in [2.05, 4.69) is 254 Å². The quantitative estimate of drug-likeness (QED) is 0.168. The third-order valence-electron chi connectivity index (χ3n) is 15.2. The van der Waals surface area contributed by atoms with Crippen molar-refractivity contribution >= 4 is 38.9 Å². The largest absolute Gasteiger partial charge is 0.310 e. The highest BCUT2D eigenvalue weighted by atomic mass is 15.1. The molecule has 11 aromatic rings. The second kappa shape index (κ2) is 13.7. The minimum absolute atomic E-state index is 0.221. The maximum atomic E-state index is 2.56. The molecule has 0 atom stereocenters. The van der Waals surface area contributed by atoms with Gasteiger partial charge >= 0.3 is 0 Å². The normalized spacial score (nSPS) is 14.2. The van der Waals surface area contributed by atoms with Gasteiger partial charge in [-0.15, -0.1) is 0 Å². The van der Waals surface area contributed by atoms with E-state index >= 15 is 0 Å². The van der Waals surface area contributed by atoms with E-state index in [-0.39, 0.29) is 5.41 Å². The molecule has 1 spiro atoms. The van der Waals surface area contributed by atoms with E-state index in [1.165, 1.54) is 105 Å². The molecule has 0 fully saturated rings. The molecule has 2 heteroatoms. The number of nitrogens with zero attached hydrogens (tertiary/aromatic N) is 2. The summed E-state index contributed by atoms with van der Waals surface area (Å²) in [5.41, 5.74) is 24.6. The van der Waals surface area contributed by atoms with Crippen molar-refractivity contribution in [3.63, 3.8) is 0 Å². The lowest BCUT2D eigenvalue weighted by molar-refractivity contribution is 0.660. The number of para-hydroxylation sites is 2. The van der Waals surface area contributed by atoms with Gasteiger partial charge in [-0.2, -0.15) is 0 Å². The van der Waals surface area contributed by atoms with E-state index in [0.717, 1.165) is 17.1 Å². The Morgan fingerprint density at radius 3 is 1.61 bits per heavy atom. The molecule has 10 aromatic carbocycles. The summed E-state index contributed by atoms with van der Waals surface area (Å²) in [6.07, 6.45) is 0. The molecule has 14 rings (SSSR count). The topological polar surface area (TPSA) is 8.17 Å². The minimum Gasteiger partial charge on any atom is -0.310 e. The molecule has 3 aliphatic carbocycles. The number of benzene rings is 10. The molecule has 0 bridgehead atoms. The summed E-state index contributed by atoms with van der Waals surface area (Å²) in [4.78, 5) is 2.56. The van der Waals surface area contributed by atoms with Gasteiger partial charge in [-0.1, -0.05) is 190 Å². The van der Waals surface area contributed by atoms with Crippen LogP contribution in [0.1, 0.15) is 47.2 Å². The Kier molecular flexibility index (Phi) is 7.70. The highest BCUT2D eigenvalue weighted by Gasteiger charge is 2.52. The molecule has 3 aliphatic rings. The first-order valence-electron chi connectivity index (χ1n) is 23.2. The summed E-state index contributed by atoms with van der Waals surface area (Å²) < 4.78 is 2.44. The Morgan fingerprint density at radius 2 is 0.894 bits per heavy atom. The number of aromatic nitrogens is 1. The summed E-state index contributed by atoms with van der Waals surface area (Å²) in [6.45, 7) is 4.80. The van der Waals surface area contributed by atoms with E-state index in [1.807, 2.05) is 0 Å².